The van der Waals surface area contributed by atoms with Crippen LogP contribution in [0.4, 0.5) is 11.5 Å². The molecule has 1 aromatic heterocycles. The van der Waals surface area contributed by atoms with Gasteiger partial charge in [-0.2, -0.15) is 0 Å². The van der Waals surface area contributed by atoms with E-state index in [1.807, 2.05) is 34.1 Å². The Hall–Kier alpha value is -2.23. The van der Waals surface area contributed by atoms with Crippen LogP contribution in [-0.2, 0) is 9.59 Å². The lowest BCUT2D eigenvalue weighted by molar-refractivity contribution is -0.133. The lowest BCUT2D eigenvalue weighted by Crippen LogP contribution is -2.54. The highest BCUT2D eigenvalue weighted by molar-refractivity contribution is 7.99. The van der Waals surface area contributed by atoms with Gasteiger partial charge in [0.1, 0.15) is 11.0 Å². The largest absolute Gasteiger partial charge is 0.368 e. The van der Waals surface area contributed by atoms with Crippen LogP contribution in [0.15, 0.2) is 35.5 Å². The Morgan fingerprint density at radius 3 is 2.46 bits per heavy atom. The minimum atomic E-state index is 0.0636. The molecule has 2 aliphatic rings. The molecule has 0 bridgehead atoms. The molecular weight excluding hydrogens is 531 g/mol. The summed E-state index contributed by atoms with van der Waals surface area (Å²) in [6, 6.07) is 9.64. The summed E-state index contributed by atoms with van der Waals surface area (Å²) in [6.07, 6.45) is 2.54. The SMILES string of the molecule is CCCCC(=O)N1CCN(c2cc(Cl)nc(SCC(=O)N3CCN(c4cccc(Cl)c4)CC3)n2)CC1C. The maximum atomic E-state index is 12.9. The van der Waals surface area contributed by atoms with Crippen molar-refractivity contribution in [1.29, 1.82) is 0 Å². The van der Waals surface area contributed by atoms with Gasteiger partial charge in [0.2, 0.25) is 11.8 Å². The number of anilines is 2. The molecular formula is C26H34Cl2N6O2S. The molecule has 2 aromatic rings. The van der Waals surface area contributed by atoms with Crippen LogP contribution in [0.5, 0.6) is 0 Å². The number of carbonyl (C=O) groups excluding carboxylic acids is 2. The fourth-order valence-corrected chi connectivity index (χ4v) is 5.89. The number of halogens is 2. The molecule has 0 spiro atoms. The van der Waals surface area contributed by atoms with Gasteiger partial charge in [0.15, 0.2) is 5.16 Å². The summed E-state index contributed by atoms with van der Waals surface area (Å²) >= 11 is 13.8. The summed E-state index contributed by atoms with van der Waals surface area (Å²) in [5, 5.41) is 1.55. The van der Waals surface area contributed by atoms with Crippen LogP contribution in [0.3, 0.4) is 0 Å². The van der Waals surface area contributed by atoms with Crippen LogP contribution in [0.2, 0.25) is 10.2 Å². The fourth-order valence-electron chi connectivity index (χ4n) is 4.72. The van der Waals surface area contributed by atoms with Crippen molar-refractivity contribution in [3.63, 3.8) is 0 Å². The number of rotatable bonds is 8. The van der Waals surface area contributed by atoms with Crippen molar-refractivity contribution in [2.24, 2.45) is 0 Å². The van der Waals surface area contributed by atoms with E-state index in [-0.39, 0.29) is 23.6 Å². The Morgan fingerprint density at radius 1 is 1.00 bits per heavy atom. The van der Waals surface area contributed by atoms with Crippen LogP contribution in [-0.4, -0.2) is 89.2 Å². The van der Waals surface area contributed by atoms with Crippen LogP contribution in [0.1, 0.15) is 33.1 Å². The highest BCUT2D eigenvalue weighted by atomic mass is 35.5. The molecule has 200 valence electrons. The van der Waals surface area contributed by atoms with Gasteiger partial charge in [-0.3, -0.25) is 9.59 Å². The van der Waals surface area contributed by atoms with Crippen molar-refractivity contribution in [1.82, 2.24) is 19.8 Å². The lowest BCUT2D eigenvalue weighted by atomic mass is 10.1. The van der Waals surface area contributed by atoms with Crippen molar-refractivity contribution in [3.8, 4) is 0 Å². The van der Waals surface area contributed by atoms with Crippen LogP contribution in [0.25, 0.3) is 0 Å². The smallest absolute Gasteiger partial charge is 0.233 e. The van der Waals surface area contributed by atoms with Crippen molar-refractivity contribution < 1.29 is 9.59 Å². The average Bonchev–Trinajstić information content (AvgIpc) is 2.90. The number of carbonyl (C=O) groups is 2. The second-order valence-corrected chi connectivity index (χ2v) is 11.2. The van der Waals surface area contributed by atoms with E-state index in [2.05, 4.69) is 33.6 Å². The molecule has 0 saturated carbocycles. The van der Waals surface area contributed by atoms with Gasteiger partial charge in [-0.25, -0.2) is 9.97 Å². The number of amides is 2. The molecule has 0 radical (unpaired) electrons. The van der Waals surface area contributed by atoms with Gasteiger partial charge in [-0.05, 0) is 31.5 Å². The third kappa shape index (κ3) is 7.42. The molecule has 1 aromatic carbocycles. The first-order valence-corrected chi connectivity index (χ1v) is 14.6. The third-order valence-electron chi connectivity index (χ3n) is 6.81. The number of nitrogens with zero attached hydrogens (tertiary/aromatic N) is 6. The summed E-state index contributed by atoms with van der Waals surface area (Å²) in [5.74, 6) is 1.27. The topological polar surface area (TPSA) is 72.9 Å². The summed E-state index contributed by atoms with van der Waals surface area (Å²) in [7, 11) is 0. The zero-order chi connectivity index (χ0) is 26.4. The number of hydrogen-bond acceptors (Lipinski definition) is 7. The molecule has 0 aliphatic carbocycles. The minimum absolute atomic E-state index is 0.0636. The van der Waals surface area contributed by atoms with Gasteiger partial charge in [0.05, 0.1) is 5.75 Å². The molecule has 2 aliphatic heterocycles. The van der Waals surface area contributed by atoms with Gasteiger partial charge < -0.3 is 19.6 Å². The lowest BCUT2D eigenvalue weighted by Gasteiger charge is -2.40. The van der Waals surface area contributed by atoms with Crippen molar-refractivity contribution in [3.05, 3.63) is 40.5 Å². The average molecular weight is 566 g/mol. The molecule has 11 heteroatoms. The summed E-state index contributed by atoms with van der Waals surface area (Å²) in [5.41, 5.74) is 1.08. The molecule has 37 heavy (non-hydrogen) atoms. The van der Waals surface area contributed by atoms with Crippen molar-refractivity contribution in [2.75, 3.05) is 61.4 Å². The number of piperazine rings is 2. The molecule has 8 nitrogen and oxygen atoms in total. The molecule has 1 unspecified atom stereocenters. The van der Waals surface area contributed by atoms with Crippen LogP contribution < -0.4 is 9.80 Å². The number of hydrogen-bond donors (Lipinski definition) is 0. The van der Waals surface area contributed by atoms with Gasteiger partial charge in [-0.1, -0.05) is 54.4 Å². The number of thioether (sulfide) groups is 1. The molecule has 2 saturated heterocycles. The van der Waals surface area contributed by atoms with Gasteiger partial charge in [-0.15, -0.1) is 0 Å². The molecule has 0 N–H and O–H groups in total. The molecule has 1 atom stereocenters. The van der Waals surface area contributed by atoms with E-state index in [9.17, 15) is 9.59 Å². The highest BCUT2D eigenvalue weighted by Crippen LogP contribution is 2.25. The Morgan fingerprint density at radius 2 is 1.76 bits per heavy atom. The first kappa shape index (κ1) is 27.8. The van der Waals surface area contributed by atoms with E-state index >= 15 is 0 Å². The quantitative estimate of drug-likeness (QED) is 0.266. The van der Waals surface area contributed by atoms with E-state index in [0.717, 1.165) is 37.4 Å². The van der Waals surface area contributed by atoms with Gasteiger partial charge in [0.25, 0.3) is 0 Å². The number of aromatic nitrogens is 2. The molecule has 4 rings (SSSR count). The number of benzene rings is 1. The molecule has 2 fully saturated rings. The van der Waals surface area contributed by atoms with Crippen molar-refractivity contribution >= 4 is 58.3 Å². The predicted octanol–water partition coefficient (Wildman–Crippen LogP) is 4.45. The monoisotopic (exact) mass is 564 g/mol. The summed E-state index contributed by atoms with van der Waals surface area (Å²) in [6.45, 7) is 9.05. The first-order chi connectivity index (χ1) is 17.8. The number of unbranched alkanes of at least 4 members (excludes halogenated alkanes) is 1. The minimum Gasteiger partial charge on any atom is -0.368 e. The van der Waals surface area contributed by atoms with Crippen LogP contribution >= 0.6 is 35.0 Å². The Kier molecular flexibility index (Phi) is 9.78. The molecule has 2 amide bonds. The Bertz CT molecular complexity index is 1100. The zero-order valence-corrected chi connectivity index (χ0v) is 23.7. The van der Waals surface area contributed by atoms with E-state index in [0.29, 0.717) is 54.5 Å². The van der Waals surface area contributed by atoms with Gasteiger partial charge >= 0.3 is 0 Å². The maximum absolute atomic E-state index is 12.9. The maximum Gasteiger partial charge on any atom is 0.233 e. The fraction of sp³-hybridized carbons (Fsp3) is 0.538. The second kappa shape index (κ2) is 13.0. The standard InChI is InChI=1S/C26H34Cl2N6O2S/c1-3-4-8-24(35)34-14-13-33(17-19(34)2)23-16-22(28)29-26(30-23)37-18-25(36)32-11-9-31(10-12-32)21-7-5-6-20(27)15-21/h5-7,15-16,19H,3-4,8-14,17-18H2,1-2H3. The zero-order valence-electron chi connectivity index (χ0n) is 21.4. The third-order valence-corrected chi connectivity index (χ3v) is 8.07. The Balaban J connectivity index is 1.29. The predicted molar refractivity (Wildman–Crippen MR) is 151 cm³/mol. The van der Waals surface area contributed by atoms with E-state index in [1.54, 1.807) is 6.07 Å². The van der Waals surface area contributed by atoms with Crippen LogP contribution in [0, 0.1) is 0 Å². The summed E-state index contributed by atoms with van der Waals surface area (Å²) in [4.78, 5) is 42.7. The second-order valence-electron chi connectivity index (χ2n) is 9.45. The highest BCUT2D eigenvalue weighted by Gasteiger charge is 2.28. The molecule has 3 heterocycles. The first-order valence-electron chi connectivity index (χ1n) is 12.8. The summed E-state index contributed by atoms with van der Waals surface area (Å²) < 4.78 is 0. The van der Waals surface area contributed by atoms with E-state index in [4.69, 9.17) is 23.2 Å². The van der Waals surface area contributed by atoms with Crippen molar-refractivity contribution in [2.45, 2.75) is 44.3 Å². The van der Waals surface area contributed by atoms with Gasteiger partial charge in [0, 0.05) is 75.1 Å². The Labute approximate surface area is 233 Å². The normalized spacial score (nSPS) is 18.3. The van der Waals surface area contributed by atoms with E-state index in [1.165, 1.54) is 11.8 Å². The van der Waals surface area contributed by atoms with E-state index < -0.39 is 0 Å².